The number of amides is 1. The van der Waals surface area contributed by atoms with Crippen molar-refractivity contribution in [3.63, 3.8) is 0 Å². The SMILES string of the molecule is CC(c1ccccc1)N1C(=O)C(=Cc2ccc(-c3cccc(F)c3)o2)SC1=S. The normalized spacial score (nSPS) is 16.8. The van der Waals surface area contributed by atoms with Crippen LogP contribution in [0.15, 0.2) is 76.1 Å². The molecular formula is C22H16FNO2S2. The van der Waals surface area contributed by atoms with Crippen LogP contribution in [0, 0.1) is 5.82 Å². The highest BCUT2D eigenvalue weighted by atomic mass is 32.2. The molecule has 28 heavy (non-hydrogen) atoms. The van der Waals surface area contributed by atoms with Crippen LogP contribution in [-0.4, -0.2) is 15.1 Å². The molecule has 1 atom stereocenters. The fraction of sp³-hybridized carbons (Fsp3) is 0.0909. The molecule has 2 aromatic carbocycles. The highest BCUT2D eigenvalue weighted by Gasteiger charge is 2.36. The average molecular weight is 410 g/mol. The van der Waals surface area contributed by atoms with Crippen LogP contribution in [-0.2, 0) is 4.79 Å². The van der Waals surface area contributed by atoms with Crippen LogP contribution in [0.1, 0.15) is 24.3 Å². The van der Waals surface area contributed by atoms with Crippen LogP contribution in [0.4, 0.5) is 4.39 Å². The first-order valence-electron chi connectivity index (χ1n) is 8.71. The van der Waals surface area contributed by atoms with E-state index in [-0.39, 0.29) is 17.8 Å². The molecule has 1 aromatic heterocycles. The van der Waals surface area contributed by atoms with Crippen molar-refractivity contribution < 1.29 is 13.6 Å². The fourth-order valence-corrected chi connectivity index (χ4v) is 4.45. The van der Waals surface area contributed by atoms with Gasteiger partial charge in [-0.3, -0.25) is 9.69 Å². The molecular weight excluding hydrogens is 393 g/mol. The Labute approximate surface area is 171 Å². The maximum absolute atomic E-state index is 13.4. The van der Waals surface area contributed by atoms with Gasteiger partial charge in [0.25, 0.3) is 5.91 Å². The van der Waals surface area contributed by atoms with E-state index in [1.54, 1.807) is 35.2 Å². The van der Waals surface area contributed by atoms with E-state index < -0.39 is 0 Å². The Hall–Kier alpha value is -2.70. The minimum atomic E-state index is -0.328. The predicted molar refractivity (Wildman–Crippen MR) is 114 cm³/mol. The molecule has 1 aliphatic rings. The zero-order chi connectivity index (χ0) is 19.7. The highest BCUT2D eigenvalue weighted by Crippen LogP contribution is 2.38. The number of furan rings is 1. The zero-order valence-corrected chi connectivity index (χ0v) is 16.6. The second-order valence-corrected chi connectivity index (χ2v) is 8.03. The van der Waals surface area contributed by atoms with E-state index >= 15 is 0 Å². The first-order valence-corrected chi connectivity index (χ1v) is 9.93. The van der Waals surface area contributed by atoms with E-state index in [1.165, 1.54) is 23.9 Å². The van der Waals surface area contributed by atoms with Crippen LogP contribution in [0.25, 0.3) is 17.4 Å². The van der Waals surface area contributed by atoms with Crippen LogP contribution in [0.2, 0.25) is 0 Å². The van der Waals surface area contributed by atoms with E-state index in [2.05, 4.69) is 0 Å². The molecule has 2 heterocycles. The summed E-state index contributed by atoms with van der Waals surface area (Å²) in [5.74, 6) is 0.590. The van der Waals surface area contributed by atoms with Gasteiger partial charge in [-0.05, 0) is 36.8 Å². The van der Waals surface area contributed by atoms with E-state index in [4.69, 9.17) is 16.6 Å². The van der Waals surface area contributed by atoms with E-state index in [9.17, 15) is 9.18 Å². The van der Waals surface area contributed by atoms with E-state index in [0.717, 1.165) is 5.56 Å². The van der Waals surface area contributed by atoms with Gasteiger partial charge in [0.05, 0.1) is 10.9 Å². The lowest BCUT2D eigenvalue weighted by atomic mass is 10.1. The Morgan fingerprint density at radius 3 is 2.64 bits per heavy atom. The van der Waals surface area contributed by atoms with Gasteiger partial charge in [0.15, 0.2) is 0 Å². The Morgan fingerprint density at radius 1 is 1.11 bits per heavy atom. The second kappa shape index (κ2) is 7.73. The van der Waals surface area contributed by atoms with Gasteiger partial charge in [-0.15, -0.1) is 0 Å². The summed E-state index contributed by atoms with van der Waals surface area (Å²) in [6, 6.07) is 19.3. The Bertz CT molecular complexity index is 1070. The van der Waals surface area contributed by atoms with E-state index in [0.29, 0.717) is 26.3 Å². The molecule has 0 aliphatic carbocycles. The van der Waals surface area contributed by atoms with Crippen LogP contribution >= 0.6 is 24.0 Å². The molecule has 0 spiro atoms. The molecule has 1 fully saturated rings. The molecule has 1 amide bonds. The Balaban J connectivity index is 1.58. The van der Waals surface area contributed by atoms with Crippen molar-refractivity contribution in [3.8, 4) is 11.3 Å². The monoisotopic (exact) mass is 409 g/mol. The van der Waals surface area contributed by atoms with Gasteiger partial charge in [0.2, 0.25) is 0 Å². The number of carbonyl (C=O) groups excluding carboxylic acids is 1. The number of carbonyl (C=O) groups is 1. The lowest BCUT2D eigenvalue weighted by Crippen LogP contribution is -2.30. The topological polar surface area (TPSA) is 33.5 Å². The van der Waals surface area contributed by atoms with Crippen molar-refractivity contribution in [3.05, 3.63) is 88.8 Å². The predicted octanol–water partition coefficient (Wildman–Crippen LogP) is 6.05. The number of benzene rings is 2. The first kappa shape index (κ1) is 18.7. The van der Waals surface area contributed by atoms with Crippen molar-refractivity contribution in [2.24, 2.45) is 0 Å². The largest absolute Gasteiger partial charge is 0.457 e. The summed E-state index contributed by atoms with van der Waals surface area (Å²) in [5.41, 5.74) is 1.66. The molecule has 6 heteroatoms. The van der Waals surface area contributed by atoms with Crippen molar-refractivity contribution >= 4 is 40.3 Å². The van der Waals surface area contributed by atoms with Crippen molar-refractivity contribution in [1.29, 1.82) is 0 Å². The third-order valence-corrected chi connectivity index (χ3v) is 5.83. The van der Waals surface area contributed by atoms with Gasteiger partial charge in [-0.25, -0.2) is 4.39 Å². The maximum Gasteiger partial charge on any atom is 0.266 e. The standard InChI is InChI=1S/C22H16FNO2S2/c1-14(15-6-3-2-4-7-15)24-21(25)20(28-22(24)27)13-18-10-11-19(26-18)16-8-5-9-17(23)12-16/h2-14H,1H3. The molecule has 0 N–H and O–H groups in total. The van der Waals surface area contributed by atoms with Gasteiger partial charge in [-0.2, -0.15) is 0 Å². The number of thioether (sulfide) groups is 1. The summed E-state index contributed by atoms with van der Waals surface area (Å²) < 4.78 is 19.7. The lowest BCUT2D eigenvalue weighted by Gasteiger charge is -2.23. The highest BCUT2D eigenvalue weighted by molar-refractivity contribution is 8.26. The number of hydrogen-bond donors (Lipinski definition) is 0. The Morgan fingerprint density at radius 2 is 1.89 bits per heavy atom. The third kappa shape index (κ3) is 3.66. The van der Waals surface area contributed by atoms with Crippen molar-refractivity contribution in [1.82, 2.24) is 4.90 Å². The molecule has 0 bridgehead atoms. The molecule has 0 saturated carbocycles. The summed E-state index contributed by atoms with van der Waals surface area (Å²) in [4.78, 5) is 15.0. The van der Waals surface area contributed by atoms with Gasteiger partial charge >= 0.3 is 0 Å². The minimum Gasteiger partial charge on any atom is -0.457 e. The van der Waals surface area contributed by atoms with Crippen LogP contribution in [0.5, 0.6) is 0 Å². The molecule has 1 aliphatic heterocycles. The number of halogens is 1. The van der Waals surface area contributed by atoms with Gasteiger partial charge in [0.1, 0.15) is 21.7 Å². The minimum absolute atomic E-state index is 0.143. The van der Waals surface area contributed by atoms with Gasteiger partial charge in [0, 0.05) is 11.6 Å². The summed E-state index contributed by atoms with van der Waals surface area (Å²) in [6.45, 7) is 1.96. The summed E-state index contributed by atoms with van der Waals surface area (Å²) in [6.07, 6.45) is 1.68. The van der Waals surface area contributed by atoms with Crippen molar-refractivity contribution in [2.45, 2.75) is 13.0 Å². The number of thiocarbonyl (C=S) groups is 1. The molecule has 1 saturated heterocycles. The van der Waals surface area contributed by atoms with Gasteiger partial charge < -0.3 is 4.42 Å². The molecule has 3 aromatic rings. The first-order chi connectivity index (χ1) is 13.5. The van der Waals surface area contributed by atoms with Gasteiger partial charge in [-0.1, -0.05) is 66.4 Å². The maximum atomic E-state index is 13.4. The third-order valence-electron chi connectivity index (χ3n) is 4.50. The Kier molecular flexibility index (Phi) is 5.15. The quantitative estimate of drug-likeness (QED) is 0.388. The number of rotatable bonds is 4. The van der Waals surface area contributed by atoms with Crippen molar-refractivity contribution in [2.75, 3.05) is 0 Å². The average Bonchev–Trinajstić information content (AvgIpc) is 3.27. The molecule has 140 valence electrons. The number of nitrogens with zero attached hydrogens (tertiary/aromatic N) is 1. The molecule has 4 rings (SSSR count). The molecule has 3 nitrogen and oxygen atoms in total. The van der Waals surface area contributed by atoms with Crippen LogP contribution < -0.4 is 0 Å². The summed E-state index contributed by atoms with van der Waals surface area (Å²) in [7, 11) is 0. The zero-order valence-electron chi connectivity index (χ0n) is 15.0. The molecule has 1 unspecified atom stereocenters. The summed E-state index contributed by atoms with van der Waals surface area (Å²) in [5, 5.41) is 0. The molecule has 0 radical (unpaired) electrons. The summed E-state index contributed by atoms with van der Waals surface area (Å²) >= 11 is 6.69. The lowest BCUT2D eigenvalue weighted by molar-refractivity contribution is -0.123. The fourth-order valence-electron chi connectivity index (χ4n) is 3.05. The van der Waals surface area contributed by atoms with E-state index in [1.807, 2.05) is 37.3 Å². The second-order valence-electron chi connectivity index (χ2n) is 6.35. The smallest absolute Gasteiger partial charge is 0.266 e. The van der Waals surface area contributed by atoms with Crippen LogP contribution in [0.3, 0.4) is 0 Å². The number of hydrogen-bond acceptors (Lipinski definition) is 4.